The number of carboxylic acids is 2. The summed E-state index contributed by atoms with van der Waals surface area (Å²) < 4.78 is 4.01. The molecule has 98 valence electrons. The Balaban J connectivity index is -0.000000174. The second-order valence-electron chi connectivity index (χ2n) is 3.56. The Morgan fingerprint density at radius 1 is 0.941 bits per heavy atom. The minimum atomic E-state index is -0.741. The Morgan fingerprint density at radius 3 is 1.12 bits per heavy atom. The van der Waals surface area contributed by atoms with Crippen molar-refractivity contribution in [2.24, 2.45) is 11.8 Å². The smallest absolute Gasteiger partial charge is 0.305 e. The zero-order valence-electron chi connectivity index (χ0n) is 10.9. The maximum absolute atomic E-state index is 9.70. The molecule has 0 saturated carbocycles. The number of aliphatic carboxylic acids is 2. The monoisotopic (exact) mass is 438 g/mol. The fraction of sp³-hybridized carbons (Fsp3) is 0.500. The summed E-state index contributed by atoms with van der Waals surface area (Å²) in [6.07, 6.45) is 0. The van der Waals surface area contributed by atoms with Crippen LogP contribution in [0.3, 0.4) is 0 Å². The van der Waals surface area contributed by atoms with E-state index in [0.29, 0.717) is 0 Å². The number of hydrogen-bond acceptors (Lipinski definition) is 2. The first-order valence-electron chi connectivity index (χ1n) is 5.14. The summed E-state index contributed by atoms with van der Waals surface area (Å²) in [6, 6.07) is 0. The van der Waals surface area contributed by atoms with Gasteiger partial charge in [-0.05, 0) is 0 Å². The van der Waals surface area contributed by atoms with Gasteiger partial charge in [-0.2, -0.15) is 0 Å². The Bertz CT molecular complexity index is 211. The molecule has 2 N–H and O–H groups in total. The van der Waals surface area contributed by atoms with Gasteiger partial charge in [0, 0.05) is 0 Å². The summed E-state index contributed by atoms with van der Waals surface area (Å²) >= 11 is -0.423. The van der Waals surface area contributed by atoms with Crippen LogP contribution in [0.2, 0.25) is 0 Å². The van der Waals surface area contributed by atoms with Crippen LogP contribution in [-0.4, -0.2) is 46.4 Å². The second kappa shape index (κ2) is 15.3. The van der Waals surface area contributed by atoms with Crippen molar-refractivity contribution >= 4 is 36.2 Å². The Hall–Kier alpha value is -0.658. The van der Waals surface area contributed by atoms with Gasteiger partial charge in [0.2, 0.25) is 0 Å². The van der Waals surface area contributed by atoms with Crippen LogP contribution in [0.1, 0.15) is 27.7 Å². The second-order valence-corrected chi connectivity index (χ2v) is 8.03. The Kier molecular flexibility index (Phi) is 19.5. The van der Waals surface area contributed by atoms with Gasteiger partial charge in [-0.15, -0.1) is 0 Å². The van der Waals surface area contributed by atoms with Gasteiger partial charge in [0.05, 0.1) is 11.8 Å². The molecule has 2 radical (unpaired) electrons. The molecule has 0 amide bonds. The van der Waals surface area contributed by atoms with Gasteiger partial charge in [0.25, 0.3) is 0 Å². The maximum atomic E-state index is 9.70. The fourth-order valence-electron chi connectivity index (χ4n) is 0.0833. The summed E-state index contributed by atoms with van der Waals surface area (Å²) in [5, 5.41) is 16.0. The van der Waals surface area contributed by atoms with Gasteiger partial charge in [-0.1, -0.05) is 27.7 Å². The first kappa shape index (κ1) is 21.6. The summed E-state index contributed by atoms with van der Waals surface area (Å²) in [6.45, 7) is 13.7. The average Bonchev–Trinajstić information content (AvgIpc) is 2.20. The van der Waals surface area contributed by atoms with Crippen molar-refractivity contribution in [3.05, 3.63) is 20.4 Å². The maximum Gasteiger partial charge on any atom is 0.305 e. The van der Waals surface area contributed by atoms with E-state index in [-0.39, 0.29) is 11.8 Å². The van der Waals surface area contributed by atoms with Crippen LogP contribution in [0.25, 0.3) is 0 Å². The molecule has 0 aliphatic heterocycles. The molecule has 17 heavy (non-hydrogen) atoms. The van der Waals surface area contributed by atoms with E-state index < -0.39 is 36.2 Å². The topological polar surface area (TPSA) is 74.6 Å². The number of hydrogen-bond donors (Lipinski definition) is 2. The minimum Gasteiger partial charge on any atom is -0.481 e. The summed E-state index contributed by atoms with van der Waals surface area (Å²) in [5.41, 5.74) is 0. The van der Waals surface area contributed by atoms with Crippen molar-refractivity contribution in [1.29, 1.82) is 0 Å². The molecule has 4 nitrogen and oxygen atoms in total. The molecule has 0 aliphatic rings. The SMILES string of the molecule is C=[CH][Pb][CH]=C.CC(C)C(=O)O.CC(C)C(=O)O. The van der Waals surface area contributed by atoms with E-state index in [9.17, 15) is 9.59 Å². The van der Waals surface area contributed by atoms with E-state index in [0.717, 1.165) is 0 Å². The quantitative estimate of drug-likeness (QED) is 0.663. The summed E-state index contributed by atoms with van der Waals surface area (Å²) in [7, 11) is 0. The van der Waals surface area contributed by atoms with E-state index >= 15 is 0 Å². The predicted octanol–water partition coefficient (Wildman–Crippen LogP) is 2.43. The van der Waals surface area contributed by atoms with Crippen LogP contribution >= 0.6 is 0 Å². The third-order valence-electron chi connectivity index (χ3n) is 1.22. The van der Waals surface area contributed by atoms with Crippen LogP contribution in [0.4, 0.5) is 0 Å². The molecule has 5 heteroatoms. The first-order chi connectivity index (χ1) is 7.70. The molecule has 0 aromatic heterocycles. The van der Waals surface area contributed by atoms with E-state index in [1.165, 1.54) is 0 Å². The third kappa shape index (κ3) is 31.3. The molecule has 0 spiro atoms. The van der Waals surface area contributed by atoms with Crippen molar-refractivity contribution in [3.8, 4) is 0 Å². The summed E-state index contributed by atoms with van der Waals surface area (Å²) in [4.78, 5) is 19.4. The standard InChI is InChI=1S/2C4H8O2.2C2H3.Pb/c2*1-3(2)4(5)6;2*1-2;/h2*3H,1-2H3,(H,5,6);2*1H,2H2;. The number of rotatable bonds is 4. The molecule has 0 saturated heterocycles. The van der Waals surface area contributed by atoms with Gasteiger partial charge in [0.1, 0.15) is 0 Å². The fourth-order valence-corrected chi connectivity index (χ4v) is 0.731. The van der Waals surface area contributed by atoms with Crippen molar-refractivity contribution in [3.63, 3.8) is 0 Å². The summed E-state index contributed by atoms with van der Waals surface area (Å²) in [5.74, 6) is -1.94. The van der Waals surface area contributed by atoms with Gasteiger partial charge < -0.3 is 10.2 Å². The molecule has 0 aliphatic carbocycles. The number of carboxylic acid groups (broad SMARTS) is 2. The molecule has 0 bridgehead atoms. The predicted molar refractivity (Wildman–Crippen MR) is 71.1 cm³/mol. The Morgan fingerprint density at radius 2 is 1.12 bits per heavy atom. The zero-order valence-corrected chi connectivity index (χ0v) is 14.8. The van der Waals surface area contributed by atoms with E-state index in [1.54, 1.807) is 27.7 Å². The zero-order chi connectivity index (χ0) is 14.4. The van der Waals surface area contributed by atoms with Gasteiger partial charge in [-0.25, -0.2) is 0 Å². The first-order valence-corrected chi connectivity index (χ1v) is 9.62. The molecular formula is C12H22O4Pb. The number of carbonyl (C=O) groups is 2. The largest absolute Gasteiger partial charge is 0.481 e. The average molecular weight is 438 g/mol. The normalized spacial score (nSPS) is 8.35. The minimum absolute atomic E-state index is 0.231. The molecule has 0 heterocycles. The molecule has 0 aromatic rings. The van der Waals surface area contributed by atoms with E-state index in [1.807, 2.05) is 7.27 Å². The Labute approximate surface area is 116 Å². The van der Waals surface area contributed by atoms with Crippen LogP contribution in [0, 0.1) is 11.8 Å². The van der Waals surface area contributed by atoms with Crippen molar-refractivity contribution in [1.82, 2.24) is 0 Å². The van der Waals surface area contributed by atoms with Crippen LogP contribution in [-0.2, 0) is 9.59 Å². The van der Waals surface area contributed by atoms with Crippen LogP contribution in [0.15, 0.2) is 20.4 Å². The van der Waals surface area contributed by atoms with Crippen LogP contribution in [0.5, 0.6) is 0 Å². The van der Waals surface area contributed by atoms with Gasteiger partial charge >= 0.3 is 56.6 Å². The van der Waals surface area contributed by atoms with Gasteiger partial charge in [0.15, 0.2) is 0 Å². The van der Waals surface area contributed by atoms with Crippen molar-refractivity contribution in [2.45, 2.75) is 27.7 Å². The van der Waals surface area contributed by atoms with Crippen LogP contribution < -0.4 is 0 Å². The molecule has 0 rings (SSSR count). The van der Waals surface area contributed by atoms with E-state index in [4.69, 9.17) is 10.2 Å². The molecule has 0 fully saturated rings. The van der Waals surface area contributed by atoms with Crippen molar-refractivity contribution in [2.75, 3.05) is 0 Å². The van der Waals surface area contributed by atoms with Crippen molar-refractivity contribution < 1.29 is 19.8 Å². The third-order valence-corrected chi connectivity index (χ3v) is 3.06. The molecule has 0 atom stereocenters. The molecule has 0 aromatic carbocycles. The molecular weight excluding hydrogens is 415 g/mol. The van der Waals surface area contributed by atoms with E-state index in [2.05, 4.69) is 13.2 Å². The van der Waals surface area contributed by atoms with Gasteiger partial charge in [-0.3, -0.25) is 9.59 Å². The molecule has 0 unspecified atom stereocenters.